The molecule has 1 amide bonds. The van der Waals surface area contributed by atoms with E-state index in [-0.39, 0.29) is 5.91 Å². The van der Waals surface area contributed by atoms with Crippen molar-refractivity contribution < 1.29 is 4.79 Å². The van der Waals surface area contributed by atoms with Gasteiger partial charge in [-0.15, -0.1) is 0 Å². The third kappa shape index (κ3) is 4.05. The van der Waals surface area contributed by atoms with Crippen LogP contribution in [0, 0.1) is 25.2 Å². The van der Waals surface area contributed by atoms with Crippen LogP contribution in [-0.4, -0.2) is 10.9 Å². The predicted molar refractivity (Wildman–Crippen MR) is 103 cm³/mol. The van der Waals surface area contributed by atoms with Gasteiger partial charge in [0.1, 0.15) is 11.8 Å². The SMILES string of the molecule is Cc1cc(C)cc(NC(=O)c2ccc(Nc3ccccc3C#N)cn2)c1. The number of nitrogens with zero attached hydrogens (tertiary/aromatic N) is 2. The highest BCUT2D eigenvalue weighted by atomic mass is 16.1. The summed E-state index contributed by atoms with van der Waals surface area (Å²) in [7, 11) is 0. The van der Waals surface area contributed by atoms with Crippen LogP contribution in [0.2, 0.25) is 0 Å². The molecule has 1 aromatic heterocycles. The Hall–Kier alpha value is -3.65. The molecule has 3 rings (SSSR count). The Labute approximate surface area is 152 Å². The Kier molecular flexibility index (Phi) is 4.95. The van der Waals surface area contributed by atoms with Crippen LogP contribution in [0.5, 0.6) is 0 Å². The van der Waals surface area contributed by atoms with E-state index in [9.17, 15) is 4.79 Å². The number of aryl methyl sites for hydroxylation is 2. The minimum Gasteiger partial charge on any atom is -0.353 e. The van der Waals surface area contributed by atoms with E-state index in [2.05, 4.69) is 21.7 Å². The first kappa shape index (κ1) is 17.2. The van der Waals surface area contributed by atoms with Gasteiger partial charge in [0.2, 0.25) is 0 Å². The topological polar surface area (TPSA) is 77.8 Å². The molecule has 0 aliphatic carbocycles. The van der Waals surface area contributed by atoms with Gasteiger partial charge in [-0.25, -0.2) is 4.98 Å². The zero-order valence-corrected chi connectivity index (χ0v) is 14.6. The van der Waals surface area contributed by atoms with Crippen LogP contribution in [-0.2, 0) is 0 Å². The minimum absolute atomic E-state index is 0.265. The van der Waals surface area contributed by atoms with Crippen molar-refractivity contribution in [1.29, 1.82) is 5.26 Å². The second-order valence-electron chi connectivity index (χ2n) is 6.05. The van der Waals surface area contributed by atoms with E-state index in [1.165, 1.54) is 0 Å². The number of hydrogen-bond acceptors (Lipinski definition) is 4. The van der Waals surface area contributed by atoms with Gasteiger partial charge < -0.3 is 10.6 Å². The highest BCUT2D eigenvalue weighted by molar-refractivity contribution is 6.03. The molecule has 0 spiro atoms. The molecular formula is C21H18N4O. The quantitative estimate of drug-likeness (QED) is 0.728. The number of hydrogen-bond donors (Lipinski definition) is 2. The van der Waals surface area contributed by atoms with Crippen LogP contribution in [0.4, 0.5) is 17.1 Å². The molecular weight excluding hydrogens is 324 g/mol. The van der Waals surface area contributed by atoms with Gasteiger partial charge in [0.15, 0.2) is 0 Å². The van der Waals surface area contributed by atoms with E-state index in [1.807, 2.05) is 50.2 Å². The number of amides is 1. The number of nitriles is 1. The van der Waals surface area contributed by atoms with E-state index in [1.54, 1.807) is 24.4 Å². The molecule has 26 heavy (non-hydrogen) atoms. The van der Waals surface area contributed by atoms with Crippen molar-refractivity contribution in [2.75, 3.05) is 10.6 Å². The zero-order valence-electron chi connectivity index (χ0n) is 14.6. The lowest BCUT2D eigenvalue weighted by molar-refractivity contribution is 0.102. The molecule has 1 heterocycles. The molecule has 0 atom stereocenters. The van der Waals surface area contributed by atoms with Gasteiger partial charge in [-0.3, -0.25) is 4.79 Å². The molecule has 0 aliphatic heterocycles. The number of aromatic nitrogens is 1. The normalized spacial score (nSPS) is 10.0. The summed E-state index contributed by atoms with van der Waals surface area (Å²) in [6.07, 6.45) is 1.57. The molecule has 5 heteroatoms. The summed E-state index contributed by atoms with van der Waals surface area (Å²) in [6, 6.07) is 18.6. The highest BCUT2D eigenvalue weighted by Gasteiger charge is 2.09. The fraction of sp³-hybridized carbons (Fsp3) is 0.0952. The maximum atomic E-state index is 12.4. The van der Waals surface area contributed by atoms with E-state index in [4.69, 9.17) is 5.26 Å². The molecule has 2 aromatic carbocycles. The first-order valence-corrected chi connectivity index (χ1v) is 8.17. The Balaban J connectivity index is 1.73. The monoisotopic (exact) mass is 342 g/mol. The number of nitrogens with one attached hydrogen (secondary N) is 2. The maximum Gasteiger partial charge on any atom is 0.274 e. The Morgan fingerprint density at radius 2 is 1.73 bits per heavy atom. The third-order valence-electron chi connectivity index (χ3n) is 3.80. The number of carbonyl (C=O) groups is 1. The summed E-state index contributed by atoms with van der Waals surface area (Å²) in [5.74, 6) is -0.265. The smallest absolute Gasteiger partial charge is 0.274 e. The standard InChI is InChI=1S/C21H18N4O/c1-14-9-15(2)11-18(10-14)25-21(26)20-8-7-17(13-23-20)24-19-6-4-3-5-16(19)12-22/h3-11,13,24H,1-2H3,(H,25,26). The summed E-state index contributed by atoms with van der Waals surface area (Å²) in [5, 5.41) is 15.1. The van der Waals surface area contributed by atoms with Crippen molar-refractivity contribution in [1.82, 2.24) is 4.98 Å². The van der Waals surface area contributed by atoms with E-state index in [0.717, 1.165) is 16.8 Å². The Bertz CT molecular complexity index is 967. The predicted octanol–water partition coefficient (Wildman–Crippen LogP) is 4.57. The van der Waals surface area contributed by atoms with Crippen molar-refractivity contribution in [2.24, 2.45) is 0 Å². The van der Waals surface area contributed by atoms with Crippen molar-refractivity contribution in [3.8, 4) is 6.07 Å². The molecule has 2 N–H and O–H groups in total. The Morgan fingerprint density at radius 3 is 2.38 bits per heavy atom. The number of anilines is 3. The van der Waals surface area contributed by atoms with Crippen LogP contribution in [0.1, 0.15) is 27.2 Å². The molecule has 0 bridgehead atoms. The summed E-state index contributed by atoms with van der Waals surface area (Å²) in [5.41, 5.74) is 5.19. The molecule has 3 aromatic rings. The third-order valence-corrected chi connectivity index (χ3v) is 3.80. The average Bonchev–Trinajstić information content (AvgIpc) is 2.62. The van der Waals surface area contributed by atoms with Gasteiger partial charge in [0.05, 0.1) is 23.1 Å². The second-order valence-corrected chi connectivity index (χ2v) is 6.05. The zero-order chi connectivity index (χ0) is 18.5. The van der Waals surface area contributed by atoms with Gasteiger partial charge in [-0.1, -0.05) is 18.2 Å². The maximum absolute atomic E-state index is 12.4. The summed E-state index contributed by atoms with van der Waals surface area (Å²) in [6.45, 7) is 3.97. The fourth-order valence-electron chi connectivity index (χ4n) is 2.69. The van der Waals surface area contributed by atoms with Crippen LogP contribution < -0.4 is 10.6 Å². The van der Waals surface area contributed by atoms with Gasteiger partial charge in [0, 0.05) is 5.69 Å². The largest absolute Gasteiger partial charge is 0.353 e. The molecule has 0 fully saturated rings. The van der Waals surface area contributed by atoms with Gasteiger partial charge >= 0.3 is 0 Å². The van der Waals surface area contributed by atoms with Crippen molar-refractivity contribution >= 4 is 23.0 Å². The highest BCUT2D eigenvalue weighted by Crippen LogP contribution is 2.20. The molecule has 0 saturated carbocycles. The van der Waals surface area contributed by atoms with Crippen molar-refractivity contribution in [3.63, 3.8) is 0 Å². The van der Waals surface area contributed by atoms with E-state index < -0.39 is 0 Å². The first-order valence-electron chi connectivity index (χ1n) is 8.17. The van der Waals surface area contributed by atoms with Gasteiger partial charge in [-0.05, 0) is 61.4 Å². The van der Waals surface area contributed by atoms with Gasteiger partial charge in [0.25, 0.3) is 5.91 Å². The summed E-state index contributed by atoms with van der Waals surface area (Å²) >= 11 is 0. The number of rotatable bonds is 4. The number of para-hydroxylation sites is 1. The fourth-order valence-corrected chi connectivity index (χ4v) is 2.69. The van der Waals surface area contributed by atoms with E-state index >= 15 is 0 Å². The van der Waals surface area contributed by atoms with Crippen LogP contribution in [0.3, 0.4) is 0 Å². The molecule has 5 nitrogen and oxygen atoms in total. The average molecular weight is 342 g/mol. The van der Waals surface area contributed by atoms with Crippen LogP contribution >= 0.6 is 0 Å². The lowest BCUT2D eigenvalue weighted by Crippen LogP contribution is -2.13. The molecule has 128 valence electrons. The molecule has 0 unspecified atom stereocenters. The number of pyridine rings is 1. The Morgan fingerprint density at radius 1 is 1.00 bits per heavy atom. The lowest BCUT2D eigenvalue weighted by atomic mass is 10.1. The molecule has 0 radical (unpaired) electrons. The minimum atomic E-state index is -0.265. The number of benzene rings is 2. The van der Waals surface area contributed by atoms with Crippen LogP contribution in [0.15, 0.2) is 60.8 Å². The van der Waals surface area contributed by atoms with Gasteiger partial charge in [-0.2, -0.15) is 5.26 Å². The summed E-state index contributed by atoms with van der Waals surface area (Å²) < 4.78 is 0. The number of carbonyl (C=O) groups excluding carboxylic acids is 1. The molecule has 0 aliphatic rings. The van der Waals surface area contributed by atoms with Crippen molar-refractivity contribution in [3.05, 3.63) is 83.2 Å². The lowest BCUT2D eigenvalue weighted by Gasteiger charge is -2.09. The molecule has 0 saturated heterocycles. The first-order chi connectivity index (χ1) is 12.5. The summed E-state index contributed by atoms with van der Waals surface area (Å²) in [4.78, 5) is 16.6. The second kappa shape index (κ2) is 7.49. The van der Waals surface area contributed by atoms with E-state index in [0.29, 0.717) is 22.6 Å². The van der Waals surface area contributed by atoms with Crippen LogP contribution in [0.25, 0.3) is 0 Å². The van der Waals surface area contributed by atoms with Crippen molar-refractivity contribution in [2.45, 2.75) is 13.8 Å².